The Kier molecular flexibility index (Phi) is 4.57. The number of hydrogen-bond donors (Lipinski definition) is 0. The van der Waals surface area contributed by atoms with Gasteiger partial charge in [0.1, 0.15) is 0 Å². The Hall–Kier alpha value is -2.89. The molecule has 2 heterocycles. The van der Waals surface area contributed by atoms with Crippen LogP contribution >= 0.6 is 23.2 Å². The number of para-hydroxylation sites is 2. The van der Waals surface area contributed by atoms with E-state index in [1.807, 2.05) is 24.3 Å². The molecule has 1 aliphatic rings. The largest absolute Gasteiger partial charge is 0.276 e. The monoisotopic (exact) mass is 411 g/mol. The van der Waals surface area contributed by atoms with Gasteiger partial charge in [-0.2, -0.15) is 5.01 Å². The normalized spacial score (nSPS) is 14.4. The molecule has 2 aromatic carbocycles. The lowest BCUT2D eigenvalue weighted by Crippen LogP contribution is -2.45. The first kappa shape index (κ1) is 18.5. The Morgan fingerprint density at radius 2 is 1.50 bits per heavy atom. The predicted octanol–water partition coefficient (Wildman–Crippen LogP) is 5.30. The van der Waals surface area contributed by atoms with Gasteiger partial charge in [0.15, 0.2) is 5.82 Å². The number of carbonyl (C=O) groups is 2. The van der Waals surface area contributed by atoms with Crippen LogP contribution in [0.1, 0.15) is 13.8 Å². The van der Waals surface area contributed by atoms with Crippen molar-refractivity contribution in [3.8, 4) is 0 Å². The maximum absolute atomic E-state index is 12.8. The quantitative estimate of drug-likeness (QED) is 0.548. The molecule has 0 spiro atoms. The highest BCUT2D eigenvalue weighted by molar-refractivity contribution is 6.39. The number of imide groups is 1. The van der Waals surface area contributed by atoms with E-state index in [9.17, 15) is 9.59 Å². The van der Waals surface area contributed by atoms with Crippen molar-refractivity contribution in [2.24, 2.45) is 0 Å². The van der Waals surface area contributed by atoms with E-state index in [4.69, 9.17) is 23.2 Å². The molecular weight excluding hydrogens is 397 g/mol. The second-order valence-electron chi connectivity index (χ2n) is 6.42. The molecule has 140 valence electrons. The molecule has 0 bridgehead atoms. The number of aromatic nitrogens is 1. The van der Waals surface area contributed by atoms with E-state index < -0.39 is 11.8 Å². The Morgan fingerprint density at radius 1 is 0.857 bits per heavy atom. The first-order valence-corrected chi connectivity index (χ1v) is 9.32. The van der Waals surface area contributed by atoms with Gasteiger partial charge in [-0.25, -0.2) is 9.99 Å². The van der Waals surface area contributed by atoms with Gasteiger partial charge in [-0.15, -0.1) is 0 Å². The number of carbonyl (C=O) groups excluding carboxylic acids is 2. The van der Waals surface area contributed by atoms with E-state index in [0.717, 1.165) is 5.01 Å². The number of rotatable bonds is 3. The molecule has 0 atom stereocenters. The van der Waals surface area contributed by atoms with E-state index in [1.54, 1.807) is 44.2 Å². The molecule has 5 nitrogen and oxygen atoms in total. The molecule has 0 N–H and O–H groups in total. The number of anilines is 2. The molecule has 0 fully saturated rings. The number of hydrazine groups is 1. The summed E-state index contributed by atoms with van der Waals surface area (Å²) >= 11 is 12.8. The summed E-state index contributed by atoms with van der Waals surface area (Å²) < 4.78 is 0. The summed E-state index contributed by atoms with van der Waals surface area (Å²) in [6.45, 7) is 3.27. The smallest absolute Gasteiger partial charge is 0.267 e. The van der Waals surface area contributed by atoms with Gasteiger partial charge in [-0.05, 0) is 32.0 Å². The maximum atomic E-state index is 12.8. The number of hydrogen-bond acceptors (Lipinski definition) is 4. The maximum Gasteiger partial charge on any atom is 0.276 e. The van der Waals surface area contributed by atoms with E-state index in [2.05, 4.69) is 4.98 Å². The third-order valence-electron chi connectivity index (χ3n) is 4.73. The van der Waals surface area contributed by atoms with E-state index in [0.29, 0.717) is 43.6 Å². The van der Waals surface area contributed by atoms with Crippen molar-refractivity contribution in [1.29, 1.82) is 0 Å². The molecule has 0 unspecified atom stereocenters. The summed E-state index contributed by atoms with van der Waals surface area (Å²) in [5, 5.41) is 4.10. The average molecular weight is 412 g/mol. The van der Waals surface area contributed by atoms with Crippen molar-refractivity contribution < 1.29 is 9.59 Å². The SMILES string of the molecule is CC1=C(C)C(=O)N(N(c2ccccc2)c2cc(Cl)c3cccc(Cl)c3n2)C1=O. The van der Waals surface area contributed by atoms with Gasteiger partial charge in [0.25, 0.3) is 11.8 Å². The highest BCUT2D eigenvalue weighted by atomic mass is 35.5. The van der Waals surface area contributed by atoms with Crippen molar-refractivity contribution in [3.63, 3.8) is 0 Å². The summed E-state index contributed by atoms with van der Waals surface area (Å²) in [4.78, 5) is 30.3. The van der Waals surface area contributed by atoms with Gasteiger partial charge < -0.3 is 0 Å². The molecule has 0 radical (unpaired) electrons. The number of amides is 2. The van der Waals surface area contributed by atoms with Crippen LogP contribution in [0.3, 0.4) is 0 Å². The molecule has 3 aromatic rings. The zero-order valence-corrected chi connectivity index (χ0v) is 16.6. The lowest BCUT2D eigenvalue weighted by molar-refractivity contribution is -0.137. The number of fused-ring (bicyclic) bond motifs is 1. The lowest BCUT2D eigenvalue weighted by atomic mass is 10.2. The highest BCUT2D eigenvalue weighted by Crippen LogP contribution is 2.36. The number of nitrogens with zero attached hydrogens (tertiary/aromatic N) is 3. The predicted molar refractivity (Wildman–Crippen MR) is 111 cm³/mol. The summed E-state index contributed by atoms with van der Waals surface area (Å²) in [6.07, 6.45) is 0. The standard InChI is InChI=1S/C21H15Cl2N3O2/c1-12-13(2)21(28)26(20(12)27)25(14-7-4-3-5-8-14)18-11-17(23)15-9-6-10-16(22)19(15)24-18/h3-11H,1-2H3. The van der Waals surface area contributed by atoms with Crippen molar-refractivity contribution in [1.82, 2.24) is 9.99 Å². The fourth-order valence-electron chi connectivity index (χ4n) is 3.10. The second-order valence-corrected chi connectivity index (χ2v) is 7.23. The van der Waals surface area contributed by atoms with Gasteiger partial charge in [-0.1, -0.05) is 53.5 Å². The fourth-order valence-corrected chi connectivity index (χ4v) is 3.57. The van der Waals surface area contributed by atoms with Gasteiger partial charge >= 0.3 is 0 Å². The summed E-state index contributed by atoms with van der Waals surface area (Å²) in [6, 6.07) is 16.0. The van der Waals surface area contributed by atoms with Crippen LogP contribution in [0.15, 0.2) is 65.7 Å². The minimum Gasteiger partial charge on any atom is -0.267 e. The van der Waals surface area contributed by atoms with Gasteiger partial charge in [0, 0.05) is 22.6 Å². The molecule has 2 amide bonds. The number of pyridine rings is 1. The molecule has 0 saturated carbocycles. The summed E-state index contributed by atoms with van der Waals surface area (Å²) in [5.41, 5.74) is 1.89. The number of benzene rings is 2. The molecule has 28 heavy (non-hydrogen) atoms. The van der Waals surface area contributed by atoms with Gasteiger partial charge in [0.05, 0.1) is 21.2 Å². The van der Waals surface area contributed by atoms with Crippen LogP contribution in [-0.4, -0.2) is 21.8 Å². The topological polar surface area (TPSA) is 53.5 Å². The summed E-state index contributed by atoms with van der Waals surface area (Å²) in [7, 11) is 0. The van der Waals surface area contributed by atoms with Crippen molar-refractivity contribution >= 4 is 57.4 Å². The van der Waals surface area contributed by atoms with Crippen molar-refractivity contribution in [2.45, 2.75) is 13.8 Å². The zero-order chi connectivity index (χ0) is 20.0. The average Bonchev–Trinajstić information content (AvgIpc) is 2.88. The molecule has 4 rings (SSSR count). The molecule has 0 saturated heterocycles. The minimum absolute atomic E-state index is 0.320. The Labute approximate surface area is 171 Å². The molecule has 1 aliphatic heterocycles. The summed E-state index contributed by atoms with van der Waals surface area (Å²) in [5.74, 6) is -0.479. The van der Waals surface area contributed by atoms with Crippen LogP contribution in [0.25, 0.3) is 10.9 Å². The van der Waals surface area contributed by atoms with Crippen LogP contribution in [0.4, 0.5) is 11.5 Å². The zero-order valence-electron chi connectivity index (χ0n) is 15.1. The van der Waals surface area contributed by atoms with Crippen LogP contribution in [-0.2, 0) is 9.59 Å². The third kappa shape index (κ3) is 2.84. The van der Waals surface area contributed by atoms with E-state index in [-0.39, 0.29) is 0 Å². The van der Waals surface area contributed by atoms with Crippen molar-refractivity contribution in [3.05, 3.63) is 75.8 Å². The van der Waals surface area contributed by atoms with Crippen molar-refractivity contribution in [2.75, 3.05) is 5.01 Å². The van der Waals surface area contributed by atoms with Gasteiger partial charge in [0.2, 0.25) is 0 Å². The van der Waals surface area contributed by atoms with Crippen LogP contribution in [0.5, 0.6) is 0 Å². The lowest BCUT2D eigenvalue weighted by Gasteiger charge is -2.31. The Morgan fingerprint density at radius 3 is 2.14 bits per heavy atom. The fraction of sp³-hybridized carbons (Fsp3) is 0.0952. The molecule has 0 aliphatic carbocycles. The van der Waals surface area contributed by atoms with E-state index in [1.165, 1.54) is 5.01 Å². The Balaban J connectivity index is 1.96. The Bertz CT molecular complexity index is 1140. The first-order valence-electron chi connectivity index (χ1n) is 8.56. The molecular formula is C21H15Cl2N3O2. The highest BCUT2D eigenvalue weighted by Gasteiger charge is 2.39. The van der Waals surface area contributed by atoms with Crippen LogP contribution in [0, 0.1) is 0 Å². The molecule has 1 aromatic heterocycles. The van der Waals surface area contributed by atoms with Gasteiger partial charge in [-0.3, -0.25) is 9.59 Å². The number of halogens is 2. The first-order chi connectivity index (χ1) is 13.4. The van der Waals surface area contributed by atoms with Crippen LogP contribution < -0.4 is 5.01 Å². The van der Waals surface area contributed by atoms with Crippen LogP contribution in [0.2, 0.25) is 10.0 Å². The minimum atomic E-state index is -0.400. The molecule has 7 heteroatoms. The van der Waals surface area contributed by atoms with E-state index >= 15 is 0 Å². The third-order valence-corrected chi connectivity index (χ3v) is 5.35. The second kappa shape index (κ2) is 6.93.